The van der Waals surface area contributed by atoms with E-state index in [1.807, 2.05) is 7.05 Å². The maximum Gasteiger partial charge on any atom is 0.372 e. The van der Waals surface area contributed by atoms with Crippen LogP contribution >= 0.6 is 0 Å². The van der Waals surface area contributed by atoms with Gasteiger partial charge in [-0.25, -0.2) is 4.79 Å². The lowest BCUT2D eigenvalue weighted by Crippen LogP contribution is -2.28. The lowest BCUT2D eigenvalue weighted by atomic mass is 10.1. The standard InChI is InChI=1S/C12H19NO3/c1-4-5-9(2)13(3)8-10-6-7-16-11(10)12(14)15/h6-7,9H,4-5,8H2,1-3H3,(H,14,15). The van der Waals surface area contributed by atoms with Crippen molar-refractivity contribution in [1.29, 1.82) is 0 Å². The van der Waals surface area contributed by atoms with Crippen LogP contribution in [-0.2, 0) is 6.54 Å². The molecule has 0 saturated heterocycles. The SMILES string of the molecule is CCCC(C)N(C)Cc1ccoc1C(=O)O. The molecule has 0 saturated carbocycles. The third-order valence-corrected chi connectivity index (χ3v) is 2.82. The van der Waals surface area contributed by atoms with Crippen LogP contribution in [-0.4, -0.2) is 29.1 Å². The second-order valence-corrected chi connectivity index (χ2v) is 4.13. The molecule has 0 fully saturated rings. The third-order valence-electron chi connectivity index (χ3n) is 2.82. The molecule has 1 aromatic rings. The number of nitrogens with zero attached hydrogens (tertiary/aromatic N) is 1. The number of carbonyl (C=O) groups is 1. The summed E-state index contributed by atoms with van der Waals surface area (Å²) >= 11 is 0. The maximum absolute atomic E-state index is 10.8. The number of hydrogen-bond donors (Lipinski definition) is 1. The molecule has 4 heteroatoms. The van der Waals surface area contributed by atoms with E-state index in [1.165, 1.54) is 6.26 Å². The number of hydrogen-bond acceptors (Lipinski definition) is 3. The molecule has 1 aromatic heterocycles. The number of furan rings is 1. The fraction of sp³-hybridized carbons (Fsp3) is 0.583. The van der Waals surface area contributed by atoms with Crippen molar-refractivity contribution >= 4 is 5.97 Å². The fourth-order valence-corrected chi connectivity index (χ4v) is 1.71. The zero-order valence-electron chi connectivity index (χ0n) is 10.1. The zero-order chi connectivity index (χ0) is 12.1. The lowest BCUT2D eigenvalue weighted by Gasteiger charge is -2.23. The Labute approximate surface area is 95.9 Å². The van der Waals surface area contributed by atoms with Gasteiger partial charge in [-0.05, 0) is 26.5 Å². The van der Waals surface area contributed by atoms with E-state index in [0.29, 0.717) is 12.6 Å². The van der Waals surface area contributed by atoms with Crippen LogP contribution in [0.25, 0.3) is 0 Å². The highest BCUT2D eigenvalue weighted by atomic mass is 16.4. The maximum atomic E-state index is 10.8. The van der Waals surface area contributed by atoms with Crippen molar-refractivity contribution < 1.29 is 14.3 Å². The first kappa shape index (κ1) is 12.8. The zero-order valence-corrected chi connectivity index (χ0v) is 10.1. The molecule has 0 aliphatic rings. The minimum Gasteiger partial charge on any atom is -0.475 e. The van der Waals surface area contributed by atoms with Gasteiger partial charge in [0.2, 0.25) is 5.76 Å². The number of aromatic carboxylic acids is 1. The van der Waals surface area contributed by atoms with Crippen molar-refractivity contribution in [2.45, 2.75) is 39.3 Å². The summed E-state index contributed by atoms with van der Waals surface area (Å²) in [7, 11) is 2.00. The van der Waals surface area contributed by atoms with Gasteiger partial charge < -0.3 is 9.52 Å². The largest absolute Gasteiger partial charge is 0.475 e. The summed E-state index contributed by atoms with van der Waals surface area (Å²) in [6, 6.07) is 2.17. The van der Waals surface area contributed by atoms with E-state index in [0.717, 1.165) is 18.4 Å². The smallest absolute Gasteiger partial charge is 0.372 e. The van der Waals surface area contributed by atoms with Crippen LogP contribution < -0.4 is 0 Å². The van der Waals surface area contributed by atoms with Crippen molar-refractivity contribution in [1.82, 2.24) is 4.90 Å². The second-order valence-electron chi connectivity index (χ2n) is 4.13. The van der Waals surface area contributed by atoms with Gasteiger partial charge in [0.05, 0.1) is 6.26 Å². The summed E-state index contributed by atoms with van der Waals surface area (Å²) in [5.41, 5.74) is 0.734. The van der Waals surface area contributed by atoms with Crippen molar-refractivity contribution in [3.8, 4) is 0 Å². The van der Waals surface area contributed by atoms with Gasteiger partial charge in [0.25, 0.3) is 0 Å². The summed E-state index contributed by atoms with van der Waals surface area (Å²) in [6.45, 7) is 4.90. The Morgan fingerprint density at radius 3 is 2.88 bits per heavy atom. The van der Waals surface area contributed by atoms with Crippen molar-refractivity contribution in [2.24, 2.45) is 0 Å². The summed E-state index contributed by atoms with van der Waals surface area (Å²) in [6.07, 6.45) is 3.66. The highest BCUT2D eigenvalue weighted by molar-refractivity contribution is 5.86. The normalized spacial score (nSPS) is 13.0. The molecule has 1 N–H and O–H groups in total. The molecular weight excluding hydrogens is 206 g/mol. The number of carboxylic acid groups (broad SMARTS) is 1. The Bertz CT molecular complexity index is 346. The van der Waals surface area contributed by atoms with Gasteiger partial charge in [0.15, 0.2) is 0 Å². The van der Waals surface area contributed by atoms with E-state index in [9.17, 15) is 4.79 Å². The molecule has 0 bridgehead atoms. The van der Waals surface area contributed by atoms with Crippen molar-refractivity contribution in [3.05, 3.63) is 23.7 Å². The minimum absolute atomic E-state index is 0.0514. The quantitative estimate of drug-likeness (QED) is 0.808. The summed E-state index contributed by atoms with van der Waals surface area (Å²) in [4.78, 5) is 13.0. The average Bonchev–Trinajstić information content (AvgIpc) is 2.66. The first-order valence-corrected chi connectivity index (χ1v) is 5.56. The van der Waals surface area contributed by atoms with Crippen molar-refractivity contribution in [2.75, 3.05) is 7.05 Å². The fourth-order valence-electron chi connectivity index (χ4n) is 1.71. The van der Waals surface area contributed by atoms with Gasteiger partial charge in [-0.2, -0.15) is 0 Å². The van der Waals surface area contributed by atoms with Crippen LogP contribution in [0.1, 0.15) is 42.8 Å². The van der Waals surface area contributed by atoms with E-state index < -0.39 is 5.97 Å². The Morgan fingerprint density at radius 1 is 1.62 bits per heavy atom. The molecule has 0 aliphatic carbocycles. The van der Waals surface area contributed by atoms with Crippen LogP contribution in [0, 0.1) is 0 Å². The third kappa shape index (κ3) is 3.10. The molecule has 1 atom stereocenters. The van der Waals surface area contributed by atoms with Gasteiger partial charge in [-0.1, -0.05) is 13.3 Å². The lowest BCUT2D eigenvalue weighted by molar-refractivity contribution is 0.0658. The van der Waals surface area contributed by atoms with Crippen molar-refractivity contribution in [3.63, 3.8) is 0 Å². The van der Waals surface area contributed by atoms with Gasteiger partial charge in [-0.15, -0.1) is 0 Å². The Hall–Kier alpha value is -1.29. The molecule has 4 nitrogen and oxygen atoms in total. The molecule has 0 aliphatic heterocycles. The molecule has 0 radical (unpaired) electrons. The number of carboxylic acids is 1. The minimum atomic E-state index is -1.00. The molecular formula is C12H19NO3. The van der Waals surface area contributed by atoms with Gasteiger partial charge in [-0.3, -0.25) is 4.90 Å². The first-order chi connectivity index (χ1) is 7.56. The monoisotopic (exact) mass is 225 g/mol. The summed E-state index contributed by atoms with van der Waals surface area (Å²) in [5.74, 6) is -0.952. The van der Waals surface area contributed by atoms with Crippen LogP contribution in [0.5, 0.6) is 0 Å². The first-order valence-electron chi connectivity index (χ1n) is 5.56. The topological polar surface area (TPSA) is 53.7 Å². The molecule has 1 unspecified atom stereocenters. The Balaban J connectivity index is 2.65. The highest BCUT2D eigenvalue weighted by Crippen LogP contribution is 2.15. The van der Waals surface area contributed by atoms with Crippen LogP contribution in [0.3, 0.4) is 0 Å². The predicted molar refractivity (Wildman–Crippen MR) is 61.5 cm³/mol. The molecule has 1 heterocycles. The summed E-state index contributed by atoms with van der Waals surface area (Å²) in [5, 5.41) is 8.90. The summed E-state index contributed by atoms with van der Waals surface area (Å²) < 4.78 is 4.94. The molecule has 0 amide bonds. The van der Waals surface area contributed by atoms with Crippen LogP contribution in [0.4, 0.5) is 0 Å². The van der Waals surface area contributed by atoms with Gasteiger partial charge >= 0.3 is 5.97 Å². The van der Waals surface area contributed by atoms with E-state index in [-0.39, 0.29) is 5.76 Å². The highest BCUT2D eigenvalue weighted by Gasteiger charge is 2.17. The molecule has 90 valence electrons. The number of rotatable bonds is 6. The van der Waals surface area contributed by atoms with E-state index in [2.05, 4.69) is 18.7 Å². The molecule has 16 heavy (non-hydrogen) atoms. The second kappa shape index (κ2) is 5.70. The van der Waals surface area contributed by atoms with Crippen LogP contribution in [0.15, 0.2) is 16.7 Å². The van der Waals surface area contributed by atoms with E-state index >= 15 is 0 Å². The van der Waals surface area contributed by atoms with Gasteiger partial charge in [0.1, 0.15) is 0 Å². The molecule has 0 aromatic carbocycles. The van der Waals surface area contributed by atoms with Gasteiger partial charge in [0, 0.05) is 18.2 Å². The average molecular weight is 225 g/mol. The van der Waals surface area contributed by atoms with Crippen LogP contribution in [0.2, 0.25) is 0 Å². The molecule has 1 rings (SSSR count). The molecule has 0 spiro atoms. The Morgan fingerprint density at radius 2 is 2.31 bits per heavy atom. The predicted octanol–water partition coefficient (Wildman–Crippen LogP) is 2.60. The Kier molecular flexibility index (Phi) is 4.55. The van der Waals surface area contributed by atoms with E-state index in [1.54, 1.807) is 6.07 Å². The van der Waals surface area contributed by atoms with E-state index in [4.69, 9.17) is 9.52 Å².